The molecule has 2 amide bonds. The highest BCUT2D eigenvalue weighted by molar-refractivity contribution is 5.89. The highest BCUT2D eigenvalue weighted by Gasteiger charge is 2.53. The zero-order chi connectivity index (χ0) is 17.9. The predicted molar refractivity (Wildman–Crippen MR) is 90.4 cm³/mol. The fourth-order valence-electron chi connectivity index (χ4n) is 3.55. The lowest BCUT2D eigenvalue weighted by Crippen LogP contribution is -2.57. The third-order valence-electron chi connectivity index (χ3n) is 5.07. The van der Waals surface area contributed by atoms with Crippen LogP contribution in [0.4, 0.5) is 10.5 Å². The van der Waals surface area contributed by atoms with Crippen molar-refractivity contribution in [2.24, 2.45) is 17.3 Å². The topological polar surface area (TPSA) is 102 Å². The number of amides is 2. The van der Waals surface area contributed by atoms with Crippen molar-refractivity contribution in [3.63, 3.8) is 0 Å². The third kappa shape index (κ3) is 3.67. The summed E-state index contributed by atoms with van der Waals surface area (Å²) in [6, 6.07) is 8.77. The van der Waals surface area contributed by atoms with Gasteiger partial charge in [0.2, 0.25) is 0 Å². The maximum absolute atomic E-state index is 12.2. The molecular formula is C18H23N3O3. The number of carbonyl (C=O) groups excluding carboxylic acids is 1. The van der Waals surface area contributed by atoms with Gasteiger partial charge in [-0.2, -0.15) is 5.26 Å². The molecule has 1 aliphatic rings. The molecule has 1 aromatic rings. The van der Waals surface area contributed by atoms with Gasteiger partial charge in [-0.3, -0.25) is 4.79 Å². The van der Waals surface area contributed by atoms with Crippen molar-refractivity contribution < 1.29 is 14.7 Å². The van der Waals surface area contributed by atoms with Crippen molar-refractivity contribution in [3.8, 4) is 6.07 Å². The molecule has 1 aliphatic carbocycles. The Morgan fingerprint density at radius 2 is 2.17 bits per heavy atom. The minimum Gasteiger partial charge on any atom is -0.481 e. The summed E-state index contributed by atoms with van der Waals surface area (Å²) in [5.41, 5.74) is 1.13. The second kappa shape index (κ2) is 6.91. The van der Waals surface area contributed by atoms with Crippen LogP contribution in [0.3, 0.4) is 0 Å². The summed E-state index contributed by atoms with van der Waals surface area (Å²) < 4.78 is 0. The Hall–Kier alpha value is -2.55. The summed E-state index contributed by atoms with van der Waals surface area (Å²) in [5, 5.41) is 23.6. The minimum atomic E-state index is -0.776. The van der Waals surface area contributed by atoms with E-state index in [1.54, 1.807) is 18.2 Å². The van der Waals surface area contributed by atoms with Crippen molar-refractivity contribution in [1.82, 2.24) is 5.32 Å². The Labute approximate surface area is 141 Å². The summed E-state index contributed by atoms with van der Waals surface area (Å²) in [7, 11) is 0. The van der Waals surface area contributed by atoms with E-state index in [1.165, 1.54) is 0 Å². The predicted octanol–water partition coefficient (Wildman–Crippen LogP) is 3.01. The number of anilines is 1. The van der Waals surface area contributed by atoms with Crippen LogP contribution in [0.1, 0.15) is 32.8 Å². The number of nitrogens with one attached hydrogen (secondary N) is 2. The second-order valence-corrected chi connectivity index (χ2v) is 6.98. The highest BCUT2D eigenvalue weighted by Crippen LogP contribution is 2.52. The number of carbonyl (C=O) groups is 2. The first-order chi connectivity index (χ1) is 11.3. The van der Waals surface area contributed by atoms with Gasteiger partial charge in [0.1, 0.15) is 0 Å². The maximum Gasteiger partial charge on any atom is 0.319 e. The Balaban J connectivity index is 1.92. The standard InChI is InChI=1S/C18H23N3O3/c1-11(14-10-15(16(22)23)18(14,2)3)20-17(24)21-13-6-4-5-12(9-13)7-8-19/h4-6,9,11,14-15H,7,10H2,1-3H3,(H,22,23)(H2,20,21,24)/t11?,14-,15+/m0/s1. The van der Waals surface area contributed by atoms with E-state index in [0.29, 0.717) is 18.5 Å². The summed E-state index contributed by atoms with van der Waals surface area (Å²) in [4.78, 5) is 23.4. The molecule has 6 nitrogen and oxygen atoms in total. The van der Waals surface area contributed by atoms with Crippen LogP contribution in [-0.4, -0.2) is 23.1 Å². The van der Waals surface area contributed by atoms with E-state index in [4.69, 9.17) is 5.26 Å². The molecule has 1 aromatic carbocycles. The van der Waals surface area contributed by atoms with Gasteiger partial charge in [-0.15, -0.1) is 0 Å². The van der Waals surface area contributed by atoms with Crippen LogP contribution < -0.4 is 10.6 Å². The monoisotopic (exact) mass is 329 g/mol. The van der Waals surface area contributed by atoms with E-state index < -0.39 is 5.97 Å². The zero-order valence-electron chi connectivity index (χ0n) is 14.2. The summed E-state index contributed by atoms with van der Waals surface area (Å²) >= 11 is 0. The average molecular weight is 329 g/mol. The molecule has 0 aromatic heterocycles. The molecule has 1 fully saturated rings. The zero-order valence-corrected chi connectivity index (χ0v) is 14.2. The number of hydrogen-bond donors (Lipinski definition) is 3. The number of nitriles is 1. The lowest BCUT2D eigenvalue weighted by atomic mass is 9.53. The Morgan fingerprint density at radius 1 is 1.46 bits per heavy atom. The molecule has 0 saturated heterocycles. The van der Waals surface area contributed by atoms with Gasteiger partial charge in [-0.1, -0.05) is 26.0 Å². The largest absolute Gasteiger partial charge is 0.481 e. The number of urea groups is 1. The van der Waals surface area contributed by atoms with Crippen molar-refractivity contribution >= 4 is 17.7 Å². The summed E-state index contributed by atoms with van der Waals surface area (Å²) in [6.07, 6.45) is 0.863. The molecule has 128 valence electrons. The molecule has 1 saturated carbocycles. The number of carboxylic acid groups (broad SMARTS) is 1. The SMILES string of the molecule is CC(NC(=O)Nc1cccc(CC#N)c1)[C@@H]1C[C@H](C(=O)O)C1(C)C. The Bertz CT molecular complexity index is 678. The smallest absolute Gasteiger partial charge is 0.319 e. The van der Waals surface area contributed by atoms with Crippen LogP contribution in [0.5, 0.6) is 0 Å². The van der Waals surface area contributed by atoms with Gasteiger partial charge in [-0.05, 0) is 42.4 Å². The molecule has 6 heteroatoms. The normalized spacial score (nSPS) is 22.6. The van der Waals surface area contributed by atoms with Crippen molar-refractivity contribution in [3.05, 3.63) is 29.8 Å². The molecule has 1 unspecified atom stereocenters. The van der Waals surface area contributed by atoms with Crippen molar-refractivity contribution in [2.75, 3.05) is 5.32 Å². The van der Waals surface area contributed by atoms with Crippen molar-refractivity contribution in [1.29, 1.82) is 5.26 Å². The fraction of sp³-hybridized carbons (Fsp3) is 0.500. The van der Waals surface area contributed by atoms with Crippen LogP contribution in [0.2, 0.25) is 0 Å². The summed E-state index contributed by atoms with van der Waals surface area (Å²) in [6.45, 7) is 5.76. The van der Waals surface area contributed by atoms with Crippen LogP contribution in [0.15, 0.2) is 24.3 Å². The molecule has 0 aliphatic heterocycles. The van der Waals surface area contributed by atoms with Gasteiger partial charge >= 0.3 is 12.0 Å². The Kier molecular flexibility index (Phi) is 5.13. The molecule has 3 N–H and O–H groups in total. The number of rotatable bonds is 5. The van der Waals surface area contributed by atoms with Gasteiger partial charge in [0, 0.05) is 11.7 Å². The molecule has 3 atom stereocenters. The van der Waals surface area contributed by atoms with Crippen LogP contribution in [0, 0.1) is 28.6 Å². The second-order valence-electron chi connectivity index (χ2n) is 6.98. The van der Waals surface area contributed by atoms with E-state index in [9.17, 15) is 14.7 Å². The number of aliphatic carboxylic acids is 1. The van der Waals surface area contributed by atoms with Gasteiger partial charge in [0.05, 0.1) is 18.4 Å². The van der Waals surface area contributed by atoms with Crippen LogP contribution in [0.25, 0.3) is 0 Å². The van der Waals surface area contributed by atoms with E-state index >= 15 is 0 Å². The highest BCUT2D eigenvalue weighted by atomic mass is 16.4. The number of nitrogens with zero attached hydrogens (tertiary/aromatic N) is 1. The summed E-state index contributed by atoms with van der Waals surface area (Å²) in [5.74, 6) is -1.02. The Morgan fingerprint density at radius 3 is 2.75 bits per heavy atom. The molecule has 0 heterocycles. The maximum atomic E-state index is 12.2. The van der Waals surface area contributed by atoms with Crippen LogP contribution >= 0.6 is 0 Å². The number of hydrogen-bond acceptors (Lipinski definition) is 3. The van der Waals surface area contributed by atoms with E-state index in [1.807, 2.05) is 26.8 Å². The molecule has 24 heavy (non-hydrogen) atoms. The lowest BCUT2D eigenvalue weighted by Gasteiger charge is -2.52. The van der Waals surface area contributed by atoms with E-state index in [2.05, 4.69) is 16.7 Å². The van der Waals surface area contributed by atoms with Gasteiger partial charge in [0.15, 0.2) is 0 Å². The first-order valence-corrected chi connectivity index (χ1v) is 8.02. The number of carboxylic acids is 1. The average Bonchev–Trinajstić information content (AvgIpc) is 2.46. The van der Waals surface area contributed by atoms with E-state index in [0.717, 1.165) is 5.56 Å². The minimum absolute atomic E-state index is 0.120. The van der Waals surface area contributed by atoms with Crippen molar-refractivity contribution in [2.45, 2.75) is 39.7 Å². The first kappa shape index (κ1) is 17.8. The quantitative estimate of drug-likeness (QED) is 0.772. The van der Waals surface area contributed by atoms with E-state index in [-0.39, 0.29) is 29.3 Å². The van der Waals surface area contributed by atoms with Crippen LogP contribution in [-0.2, 0) is 11.2 Å². The molecule has 0 radical (unpaired) electrons. The molecule has 0 bridgehead atoms. The lowest BCUT2D eigenvalue weighted by molar-refractivity contribution is -0.160. The number of benzene rings is 1. The fourth-order valence-corrected chi connectivity index (χ4v) is 3.55. The first-order valence-electron chi connectivity index (χ1n) is 8.02. The molecule has 2 rings (SSSR count). The van der Waals surface area contributed by atoms with Gasteiger partial charge < -0.3 is 15.7 Å². The van der Waals surface area contributed by atoms with Gasteiger partial charge in [-0.25, -0.2) is 4.79 Å². The van der Waals surface area contributed by atoms with Gasteiger partial charge in [0.25, 0.3) is 0 Å². The molecule has 0 spiro atoms. The third-order valence-corrected chi connectivity index (χ3v) is 5.07. The molecular weight excluding hydrogens is 306 g/mol.